The third-order valence-electron chi connectivity index (χ3n) is 3.06. The topological polar surface area (TPSA) is 32.3 Å². The largest absolute Gasteiger partial charge is 0.326 e. The van der Waals surface area contributed by atoms with Gasteiger partial charge in [-0.05, 0) is 30.8 Å². The molecule has 4 heteroatoms. The van der Waals surface area contributed by atoms with E-state index >= 15 is 0 Å². The fourth-order valence-electron chi connectivity index (χ4n) is 2.19. The number of carbonyl (C=O) groups excluding carboxylic acids is 1. The SMILES string of the molecule is CSCC(C)CN1C(=O)C(C(C)C)NC1C. The van der Waals surface area contributed by atoms with E-state index in [2.05, 4.69) is 39.3 Å². The van der Waals surface area contributed by atoms with Crippen molar-refractivity contribution in [2.24, 2.45) is 11.8 Å². The van der Waals surface area contributed by atoms with Gasteiger partial charge >= 0.3 is 0 Å². The molecule has 1 rings (SSSR count). The van der Waals surface area contributed by atoms with Crippen LogP contribution in [0.2, 0.25) is 0 Å². The minimum Gasteiger partial charge on any atom is -0.326 e. The maximum atomic E-state index is 12.2. The van der Waals surface area contributed by atoms with Gasteiger partial charge in [0.05, 0.1) is 12.2 Å². The molecule has 0 radical (unpaired) electrons. The van der Waals surface area contributed by atoms with Gasteiger partial charge in [-0.2, -0.15) is 11.8 Å². The first-order valence-corrected chi connectivity index (χ1v) is 7.42. The van der Waals surface area contributed by atoms with Crippen LogP contribution in [-0.2, 0) is 4.79 Å². The van der Waals surface area contributed by atoms with Gasteiger partial charge < -0.3 is 4.90 Å². The molecule has 3 atom stereocenters. The summed E-state index contributed by atoms with van der Waals surface area (Å²) < 4.78 is 0. The minimum absolute atomic E-state index is 0.0106. The Hall–Kier alpha value is -0.220. The fraction of sp³-hybridized carbons (Fsp3) is 0.917. The van der Waals surface area contributed by atoms with E-state index in [1.54, 1.807) is 0 Å². The molecule has 0 bridgehead atoms. The molecule has 1 aliphatic rings. The summed E-state index contributed by atoms with van der Waals surface area (Å²) in [5.74, 6) is 2.32. The van der Waals surface area contributed by atoms with Crippen LogP contribution in [0.3, 0.4) is 0 Å². The van der Waals surface area contributed by atoms with Gasteiger partial charge in [-0.3, -0.25) is 10.1 Å². The Morgan fingerprint density at radius 2 is 2.06 bits per heavy atom. The van der Waals surface area contributed by atoms with Crippen LogP contribution < -0.4 is 5.32 Å². The van der Waals surface area contributed by atoms with Crippen molar-refractivity contribution in [3.8, 4) is 0 Å². The van der Waals surface area contributed by atoms with Crippen molar-refractivity contribution in [1.29, 1.82) is 0 Å². The zero-order valence-corrected chi connectivity index (χ0v) is 11.8. The van der Waals surface area contributed by atoms with E-state index in [-0.39, 0.29) is 18.1 Å². The number of thioether (sulfide) groups is 1. The predicted octanol–water partition coefficient (Wildman–Crippen LogP) is 1.79. The Morgan fingerprint density at radius 3 is 2.50 bits per heavy atom. The van der Waals surface area contributed by atoms with E-state index in [4.69, 9.17) is 0 Å². The summed E-state index contributed by atoms with van der Waals surface area (Å²) >= 11 is 1.84. The second-order valence-electron chi connectivity index (χ2n) is 5.12. The number of amides is 1. The van der Waals surface area contributed by atoms with E-state index in [1.807, 2.05) is 16.7 Å². The summed E-state index contributed by atoms with van der Waals surface area (Å²) in [5, 5.41) is 3.37. The predicted molar refractivity (Wildman–Crippen MR) is 70.5 cm³/mol. The molecule has 3 nitrogen and oxygen atoms in total. The number of rotatable bonds is 5. The molecule has 0 aromatic rings. The zero-order valence-electron chi connectivity index (χ0n) is 11.0. The third-order valence-corrected chi connectivity index (χ3v) is 3.97. The van der Waals surface area contributed by atoms with Crippen molar-refractivity contribution in [2.75, 3.05) is 18.6 Å². The highest BCUT2D eigenvalue weighted by atomic mass is 32.2. The van der Waals surface area contributed by atoms with E-state index < -0.39 is 0 Å². The molecule has 1 heterocycles. The lowest BCUT2D eigenvalue weighted by Crippen LogP contribution is -2.38. The molecule has 1 saturated heterocycles. The van der Waals surface area contributed by atoms with Crippen molar-refractivity contribution in [1.82, 2.24) is 10.2 Å². The molecule has 0 saturated carbocycles. The maximum absolute atomic E-state index is 12.2. The van der Waals surface area contributed by atoms with Crippen LogP contribution in [0.4, 0.5) is 0 Å². The molecular weight excluding hydrogens is 220 g/mol. The summed E-state index contributed by atoms with van der Waals surface area (Å²) in [4.78, 5) is 14.1. The number of nitrogens with one attached hydrogen (secondary N) is 1. The quantitative estimate of drug-likeness (QED) is 0.800. The molecule has 0 aliphatic carbocycles. The van der Waals surface area contributed by atoms with Crippen molar-refractivity contribution in [3.05, 3.63) is 0 Å². The van der Waals surface area contributed by atoms with E-state index in [9.17, 15) is 4.79 Å². The minimum atomic E-state index is 0.0106. The standard InChI is InChI=1S/C12H24N2OS/c1-8(2)11-12(15)14(10(4)13-11)6-9(3)7-16-5/h8-11,13H,6-7H2,1-5H3. The molecule has 0 spiro atoms. The highest BCUT2D eigenvalue weighted by Crippen LogP contribution is 2.19. The number of hydrogen-bond acceptors (Lipinski definition) is 3. The van der Waals surface area contributed by atoms with Gasteiger partial charge in [0.1, 0.15) is 0 Å². The van der Waals surface area contributed by atoms with Crippen LogP contribution >= 0.6 is 11.8 Å². The van der Waals surface area contributed by atoms with E-state index in [1.165, 1.54) is 0 Å². The molecule has 1 aliphatic heterocycles. The third kappa shape index (κ3) is 3.14. The van der Waals surface area contributed by atoms with Crippen LogP contribution in [0.15, 0.2) is 0 Å². The summed E-state index contributed by atoms with van der Waals surface area (Å²) in [5.41, 5.74) is 0. The lowest BCUT2D eigenvalue weighted by molar-refractivity contribution is -0.131. The van der Waals surface area contributed by atoms with Gasteiger partial charge in [-0.25, -0.2) is 0 Å². The lowest BCUT2D eigenvalue weighted by Gasteiger charge is -2.24. The molecule has 16 heavy (non-hydrogen) atoms. The summed E-state index contributed by atoms with van der Waals surface area (Å²) in [7, 11) is 0. The summed E-state index contributed by atoms with van der Waals surface area (Å²) in [6.45, 7) is 9.34. The first-order valence-electron chi connectivity index (χ1n) is 6.02. The van der Waals surface area contributed by atoms with Gasteiger partial charge in [0, 0.05) is 6.54 Å². The average molecular weight is 244 g/mol. The fourth-order valence-corrected chi connectivity index (χ4v) is 2.86. The van der Waals surface area contributed by atoms with Crippen LogP contribution in [0.1, 0.15) is 27.7 Å². The number of hydrogen-bond donors (Lipinski definition) is 1. The van der Waals surface area contributed by atoms with Crippen LogP contribution in [0.5, 0.6) is 0 Å². The molecule has 94 valence electrons. The Bertz CT molecular complexity index is 245. The first kappa shape index (κ1) is 13.8. The summed E-state index contributed by atoms with van der Waals surface area (Å²) in [6, 6.07) is 0.0106. The number of nitrogens with zero attached hydrogens (tertiary/aromatic N) is 1. The van der Waals surface area contributed by atoms with Crippen molar-refractivity contribution in [2.45, 2.75) is 39.9 Å². The zero-order chi connectivity index (χ0) is 12.3. The first-order chi connectivity index (χ1) is 7.47. The van der Waals surface area contributed by atoms with Crippen molar-refractivity contribution >= 4 is 17.7 Å². The van der Waals surface area contributed by atoms with Gasteiger partial charge in [-0.1, -0.05) is 20.8 Å². The van der Waals surface area contributed by atoms with Crippen LogP contribution in [0.25, 0.3) is 0 Å². The molecule has 3 unspecified atom stereocenters. The lowest BCUT2D eigenvalue weighted by atomic mass is 10.0. The Balaban J connectivity index is 2.57. The normalized spacial score (nSPS) is 27.9. The Morgan fingerprint density at radius 1 is 1.44 bits per heavy atom. The molecule has 1 fully saturated rings. The average Bonchev–Trinajstić information content (AvgIpc) is 2.46. The Kier molecular flexibility index (Phi) is 5.12. The van der Waals surface area contributed by atoms with E-state index in [0.29, 0.717) is 11.8 Å². The van der Waals surface area contributed by atoms with Crippen molar-refractivity contribution in [3.63, 3.8) is 0 Å². The van der Waals surface area contributed by atoms with Crippen LogP contribution in [0, 0.1) is 11.8 Å². The molecule has 0 aromatic heterocycles. The smallest absolute Gasteiger partial charge is 0.241 e. The summed E-state index contributed by atoms with van der Waals surface area (Å²) in [6.07, 6.45) is 2.30. The maximum Gasteiger partial charge on any atom is 0.241 e. The monoisotopic (exact) mass is 244 g/mol. The Labute approximate surface area is 103 Å². The van der Waals surface area contributed by atoms with Gasteiger partial charge in [0.15, 0.2) is 0 Å². The van der Waals surface area contributed by atoms with Crippen LogP contribution in [-0.4, -0.2) is 41.6 Å². The van der Waals surface area contributed by atoms with E-state index in [0.717, 1.165) is 12.3 Å². The second kappa shape index (κ2) is 5.92. The van der Waals surface area contributed by atoms with Gasteiger partial charge in [-0.15, -0.1) is 0 Å². The highest BCUT2D eigenvalue weighted by molar-refractivity contribution is 7.98. The highest BCUT2D eigenvalue weighted by Gasteiger charge is 2.38. The molecular formula is C12H24N2OS. The molecule has 0 aromatic carbocycles. The van der Waals surface area contributed by atoms with Crippen molar-refractivity contribution < 1.29 is 4.79 Å². The number of carbonyl (C=O) groups is 1. The van der Waals surface area contributed by atoms with Gasteiger partial charge in [0.25, 0.3) is 0 Å². The molecule has 1 N–H and O–H groups in total. The second-order valence-corrected chi connectivity index (χ2v) is 6.03. The van der Waals surface area contributed by atoms with Gasteiger partial charge in [0.2, 0.25) is 5.91 Å². The molecule has 1 amide bonds.